The molecule has 0 bridgehead atoms. The van der Waals surface area contributed by atoms with Gasteiger partial charge in [0.25, 0.3) is 0 Å². The lowest BCUT2D eigenvalue weighted by Gasteiger charge is -2.32. The zero-order valence-electron chi connectivity index (χ0n) is 48.8. The van der Waals surface area contributed by atoms with E-state index in [0.717, 1.165) is 148 Å². The molecule has 18 heteroatoms. The minimum absolute atomic E-state index is 0.118. The van der Waals surface area contributed by atoms with Gasteiger partial charge in [-0.15, -0.1) is 0 Å². The molecule has 84 heavy (non-hydrogen) atoms. The van der Waals surface area contributed by atoms with Gasteiger partial charge in [0.1, 0.15) is 23.4 Å². The van der Waals surface area contributed by atoms with Crippen LogP contribution in [0.2, 0.25) is 0 Å². The number of hydrazone groups is 1. The lowest BCUT2D eigenvalue weighted by atomic mass is 9.78. The number of unbranched alkanes of at least 4 members (excludes halogenated alkanes) is 9. The molecule has 2 aliphatic carbocycles. The van der Waals surface area contributed by atoms with Crippen molar-refractivity contribution >= 4 is 50.8 Å². The molecule has 0 amide bonds. The number of hydrogen-bond donors (Lipinski definition) is 1. The van der Waals surface area contributed by atoms with Crippen molar-refractivity contribution in [3.8, 4) is 28.7 Å². The van der Waals surface area contributed by atoms with E-state index < -0.39 is 18.0 Å². The van der Waals surface area contributed by atoms with E-state index in [4.69, 9.17) is 58.2 Å². The van der Waals surface area contributed by atoms with Crippen LogP contribution in [0.25, 0.3) is 10.2 Å². The molecule has 0 spiro atoms. The summed E-state index contributed by atoms with van der Waals surface area (Å²) < 4.78 is 29.0. The number of thiazole rings is 1. The Labute approximate surface area is 499 Å². The number of esters is 3. The fourth-order valence-electron chi connectivity index (χ4n) is 10.3. The van der Waals surface area contributed by atoms with E-state index in [2.05, 4.69) is 26.1 Å². The number of rotatable bonds is 39. The molecule has 0 unspecified atom stereocenters. The van der Waals surface area contributed by atoms with Gasteiger partial charge in [0.15, 0.2) is 11.5 Å². The SMILES string of the molecule is C=CC(=O)OCCCCCCOc1ccc(OOCC2CCC(C(=O)Oc3ccc(OOCC4CCC([C@H](OO)c5ccc(OCCCCCCOC(=O)C=C)cc5)CC4)c(/C=N/N(CCCCCC)c4nc5ccccc5s4)c3)CC2)cc1. The van der Waals surface area contributed by atoms with Crippen LogP contribution < -0.4 is 29.0 Å². The van der Waals surface area contributed by atoms with Crippen LogP contribution in [-0.4, -0.2) is 80.5 Å². The molecular formula is C66H85N3O14S. The predicted molar refractivity (Wildman–Crippen MR) is 324 cm³/mol. The molecule has 5 aromatic rings. The number of fused-ring (bicyclic) bond motifs is 1. The third-order valence-corrected chi connectivity index (χ3v) is 16.3. The van der Waals surface area contributed by atoms with Crippen LogP contribution in [0.4, 0.5) is 5.13 Å². The van der Waals surface area contributed by atoms with E-state index in [1.165, 1.54) is 12.2 Å². The fraction of sp³-hybridized carbons (Fsp3) is 0.500. The van der Waals surface area contributed by atoms with Gasteiger partial charge < -0.3 is 33.5 Å². The second-order valence-electron chi connectivity index (χ2n) is 21.6. The topological polar surface area (TPSA) is 192 Å². The highest BCUT2D eigenvalue weighted by Gasteiger charge is 2.31. The Balaban J connectivity index is 0.878. The molecule has 2 fully saturated rings. The van der Waals surface area contributed by atoms with Gasteiger partial charge in [0.05, 0.1) is 62.0 Å². The van der Waals surface area contributed by atoms with Crippen molar-refractivity contribution in [3.63, 3.8) is 0 Å². The Hall–Kier alpha value is -6.83. The first-order valence-corrected chi connectivity index (χ1v) is 31.0. The average Bonchev–Trinajstić information content (AvgIpc) is 4.19. The Kier molecular flexibility index (Phi) is 28.3. The molecule has 0 aliphatic heterocycles. The summed E-state index contributed by atoms with van der Waals surface area (Å²) in [4.78, 5) is 69.4. The van der Waals surface area contributed by atoms with E-state index in [1.807, 2.05) is 71.7 Å². The maximum absolute atomic E-state index is 13.7. The van der Waals surface area contributed by atoms with Gasteiger partial charge in [-0.1, -0.05) is 74.9 Å². The molecule has 7 rings (SSSR count). The number of benzene rings is 4. The monoisotopic (exact) mass is 1180 g/mol. The van der Waals surface area contributed by atoms with Crippen LogP contribution in [0.5, 0.6) is 28.7 Å². The Bertz CT molecular complexity index is 2740. The zero-order valence-corrected chi connectivity index (χ0v) is 49.6. The highest BCUT2D eigenvalue weighted by atomic mass is 32.1. The second-order valence-corrected chi connectivity index (χ2v) is 22.6. The van der Waals surface area contributed by atoms with Crippen molar-refractivity contribution in [2.45, 2.75) is 141 Å². The lowest BCUT2D eigenvalue weighted by molar-refractivity contribution is -0.296. The van der Waals surface area contributed by atoms with E-state index in [-0.39, 0.29) is 29.6 Å². The number of carbonyl (C=O) groups is 3. The maximum Gasteiger partial charge on any atom is 0.330 e. The Morgan fingerprint density at radius 2 is 1.21 bits per heavy atom. The fourth-order valence-corrected chi connectivity index (χ4v) is 11.2. The minimum atomic E-state index is -0.466. The van der Waals surface area contributed by atoms with Crippen LogP contribution in [0.3, 0.4) is 0 Å². The normalized spacial score (nSPS) is 17.3. The van der Waals surface area contributed by atoms with E-state index in [1.54, 1.807) is 35.8 Å². The van der Waals surface area contributed by atoms with E-state index in [9.17, 15) is 19.6 Å². The molecule has 4 aromatic carbocycles. The smallest absolute Gasteiger partial charge is 0.330 e. The summed E-state index contributed by atoms with van der Waals surface area (Å²) in [6.07, 6.45) is 21.4. The molecule has 2 aliphatic rings. The van der Waals surface area contributed by atoms with E-state index in [0.29, 0.717) is 81.8 Å². The summed E-state index contributed by atoms with van der Waals surface area (Å²) in [6, 6.07) is 28.4. The molecule has 1 atom stereocenters. The number of para-hydroxylation sites is 1. The highest BCUT2D eigenvalue weighted by Crippen LogP contribution is 2.40. The number of carbonyl (C=O) groups excluding carboxylic acids is 3. The second kappa shape index (κ2) is 36.8. The number of hydrogen-bond acceptors (Lipinski definition) is 18. The number of ether oxygens (including phenoxy) is 5. The standard InChI is InChI=1S/C66H85N3O14S/c1-4-7-8-15-40-69(66-68-59-20-13-14-21-61(59)84-66)67-46-54-45-58(80-65(72)53-28-24-50(25-29-53)47-78-82-57-36-34-56(35-37-57)75-42-17-10-12-19-44-77-63(71)6-3)38-39-60(54)83-79-48-49-22-26-51(27-23-49)64(81-73)52-30-32-55(33-31-52)74-41-16-9-11-18-43-76-62(70)5-2/h5-6,13-14,20-21,30-39,45-46,49-51,53,64,73H,2-4,7-12,15-19,22-29,40-44,47-48H2,1H3/b67-46+/t49?,50?,51?,53?,64-/m0/s1. The first-order valence-electron chi connectivity index (χ1n) is 30.2. The molecule has 17 nitrogen and oxygen atoms in total. The van der Waals surface area contributed by atoms with Gasteiger partial charge >= 0.3 is 17.9 Å². The van der Waals surface area contributed by atoms with Crippen molar-refractivity contribution < 1.29 is 67.8 Å². The van der Waals surface area contributed by atoms with Crippen molar-refractivity contribution in [2.75, 3.05) is 51.2 Å². The Morgan fingerprint density at radius 3 is 1.82 bits per heavy atom. The van der Waals surface area contributed by atoms with Gasteiger partial charge in [-0.05, 0) is 199 Å². The molecule has 1 aromatic heterocycles. The third-order valence-electron chi connectivity index (χ3n) is 15.3. The van der Waals surface area contributed by atoms with Crippen LogP contribution in [0.15, 0.2) is 121 Å². The molecule has 2 saturated carbocycles. The third kappa shape index (κ3) is 22.3. The van der Waals surface area contributed by atoms with Gasteiger partial charge in [-0.25, -0.2) is 24.5 Å². The summed E-state index contributed by atoms with van der Waals surface area (Å²) in [6.45, 7) is 12.4. The summed E-state index contributed by atoms with van der Waals surface area (Å²) in [7, 11) is 0. The Morgan fingerprint density at radius 1 is 0.655 bits per heavy atom. The van der Waals surface area contributed by atoms with Crippen LogP contribution in [-0.2, 0) is 38.5 Å². The highest BCUT2D eigenvalue weighted by molar-refractivity contribution is 7.22. The summed E-state index contributed by atoms with van der Waals surface area (Å²) >= 11 is 1.59. The predicted octanol–water partition coefficient (Wildman–Crippen LogP) is 15.1. The molecule has 454 valence electrons. The van der Waals surface area contributed by atoms with Crippen LogP contribution >= 0.6 is 11.3 Å². The number of aromatic nitrogens is 1. The van der Waals surface area contributed by atoms with Crippen molar-refractivity contribution in [1.29, 1.82) is 0 Å². The summed E-state index contributed by atoms with van der Waals surface area (Å²) in [5, 5.41) is 17.8. The quantitative estimate of drug-likeness (QED) is 0.00742. The number of nitrogens with zero attached hydrogens (tertiary/aromatic N) is 3. The molecule has 0 saturated heterocycles. The van der Waals surface area contributed by atoms with Crippen molar-refractivity contribution in [2.24, 2.45) is 28.8 Å². The van der Waals surface area contributed by atoms with Crippen molar-refractivity contribution in [1.82, 2.24) is 4.98 Å². The van der Waals surface area contributed by atoms with Crippen LogP contribution in [0, 0.1) is 23.7 Å². The minimum Gasteiger partial charge on any atom is -0.494 e. The maximum atomic E-state index is 13.7. The average molecular weight is 1180 g/mol. The first kappa shape index (κ1) is 64.7. The largest absolute Gasteiger partial charge is 0.494 e. The molecule has 1 N–H and O–H groups in total. The van der Waals surface area contributed by atoms with Gasteiger partial charge in [0.2, 0.25) is 5.13 Å². The van der Waals surface area contributed by atoms with Gasteiger partial charge in [-0.3, -0.25) is 10.1 Å². The number of anilines is 1. The lowest BCUT2D eigenvalue weighted by Crippen LogP contribution is -2.27. The van der Waals surface area contributed by atoms with E-state index >= 15 is 0 Å². The first-order chi connectivity index (χ1) is 41.2. The van der Waals surface area contributed by atoms with Gasteiger partial charge in [0, 0.05) is 24.3 Å². The van der Waals surface area contributed by atoms with Crippen molar-refractivity contribution in [3.05, 3.63) is 127 Å². The van der Waals surface area contributed by atoms with Crippen LogP contribution in [0.1, 0.15) is 153 Å². The molecule has 0 radical (unpaired) electrons. The molecule has 1 heterocycles. The molecular weight excluding hydrogens is 1090 g/mol. The van der Waals surface area contributed by atoms with Gasteiger partial charge in [-0.2, -0.15) is 14.9 Å². The summed E-state index contributed by atoms with van der Waals surface area (Å²) in [5.74, 6) is 2.15. The zero-order chi connectivity index (χ0) is 59.0. The summed E-state index contributed by atoms with van der Waals surface area (Å²) in [5.41, 5.74) is 2.39.